The summed E-state index contributed by atoms with van der Waals surface area (Å²) in [6.45, 7) is 2.24. The summed E-state index contributed by atoms with van der Waals surface area (Å²) in [5.74, 6) is 1.15. The Kier molecular flexibility index (Phi) is 3.12. The van der Waals surface area contributed by atoms with Crippen molar-refractivity contribution in [3.8, 4) is 11.6 Å². The minimum atomic E-state index is 0.332. The van der Waals surface area contributed by atoms with Gasteiger partial charge in [0.1, 0.15) is 5.75 Å². The molecule has 2 rings (SSSR count). The van der Waals surface area contributed by atoms with Crippen LogP contribution in [0.15, 0.2) is 24.3 Å². The molecule has 0 saturated heterocycles. The average Bonchev–Trinajstić information content (AvgIpc) is 2.64. The minimum Gasteiger partial charge on any atom is -0.437 e. The molecule has 0 aliphatic rings. The number of benzene rings is 1. The number of ether oxygens (including phenoxy) is 1. The summed E-state index contributed by atoms with van der Waals surface area (Å²) in [6.07, 6.45) is 0. The third kappa shape index (κ3) is 2.18. The van der Waals surface area contributed by atoms with Crippen molar-refractivity contribution in [2.45, 2.75) is 13.5 Å². The lowest BCUT2D eigenvalue weighted by Crippen LogP contribution is -2.00. The standard InChI is InChI=1S/C11H12ClN3O/c1-7-5-11(15-14-7)16-10-4-2-3-9(12)8(10)6-13/h2-5H,6,13H2,1H3,(H,14,15). The molecule has 0 atom stereocenters. The second-order valence-corrected chi connectivity index (χ2v) is 3.82. The van der Waals surface area contributed by atoms with Crippen LogP contribution in [0.5, 0.6) is 11.6 Å². The SMILES string of the molecule is Cc1cc(Oc2cccc(Cl)c2CN)n[nH]1. The maximum Gasteiger partial charge on any atom is 0.238 e. The summed E-state index contributed by atoms with van der Waals surface area (Å²) < 4.78 is 5.60. The number of nitrogens with one attached hydrogen (secondary N) is 1. The first-order valence-corrected chi connectivity index (χ1v) is 5.26. The quantitative estimate of drug-likeness (QED) is 0.863. The van der Waals surface area contributed by atoms with Crippen LogP contribution in [0.3, 0.4) is 0 Å². The summed E-state index contributed by atoms with van der Waals surface area (Å²) in [5, 5.41) is 7.39. The van der Waals surface area contributed by atoms with E-state index in [0.29, 0.717) is 23.2 Å². The van der Waals surface area contributed by atoms with Gasteiger partial charge in [-0.2, -0.15) is 0 Å². The molecule has 4 nitrogen and oxygen atoms in total. The minimum absolute atomic E-state index is 0.332. The summed E-state index contributed by atoms with van der Waals surface area (Å²) in [4.78, 5) is 0. The Morgan fingerprint density at radius 3 is 2.94 bits per heavy atom. The smallest absolute Gasteiger partial charge is 0.238 e. The van der Waals surface area contributed by atoms with Crippen molar-refractivity contribution < 1.29 is 4.74 Å². The van der Waals surface area contributed by atoms with E-state index in [1.54, 1.807) is 12.1 Å². The van der Waals surface area contributed by atoms with Crippen LogP contribution in [-0.4, -0.2) is 10.2 Å². The highest BCUT2D eigenvalue weighted by atomic mass is 35.5. The lowest BCUT2D eigenvalue weighted by Gasteiger charge is -2.08. The number of aromatic amines is 1. The molecule has 0 aliphatic heterocycles. The van der Waals surface area contributed by atoms with Crippen molar-refractivity contribution in [2.75, 3.05) is 0 Å². The molecule has 2 aromatic rings. The van der Waals surface area contributed by atoms with E-state index in [1.165, 1.54) is 0 Å². The first-order valence-electron chi connectivity index (χ1n) is 4.88. The van der Waals surface area contributed by atoms with E-state index in [2.05, 4.69) is 10.2 Å². The molecule has 0 aliphatic carbocycles. The van der Waals surface area contributed by atoms with Gasteiger partial charge in [-0.15, -0.1) is 5.10 Å². The van der Waals surface area contributed by atoms with Crippen molar-refractivity contribution in [1.82, 2.24) is 10.2 Å². The largest absolute Gasteiger partial charge is 0.437 e. The molecule has 1 aromatic carbocycles. The molecule has 0 bridgehead atoms. The zero-order chi connectivity index (χ0) is 11.5. The molecule has 0 radical (unpaired) electrons. The van der Waals surface area contributed by atoms with Gasteiger partial charge in [-0.25, -0.2) is 0 Å². The Balaban J connectivity index is 2.30. The number of hydrogen-bond acceptors (Lipinski definition) is 3. The van der Waals surface area contributed by atoms with E-state index in [9.17, 15) is 0 Å². The van der Waals surface area contributed by atoms with Gasteiger partial charge in [-0.1, -0.05) is 17.7 Å². The van der Waals surface area contributed by atoms with Crippen LogP contribution < -0.4 is 10.5 Å². The van der Waals surface area contributed by atoms with Crippen molar-refractivity contribution >= 4 is 11.6 Å². The highest BCUT2D eigenvalue weighted by molar-refractivity contribution is 6.31. The first-order chi connectivity index (χ1) is 7.70. The topological polar surface area (TPSA) is 63.9 Å². The van der Waals surface area contributed by atoms with E-state index < -0.39 is 0 Å². The number of hydrogen-bond donors (Lipinski definition) is 2. The van der Waals surface area contributed by atoms with E-state index in [0.717, 1.165) is 11.3 Å². The predicted molar refractivity (Wildman–Crippen MR) is 62.7 cm³/mol. The van der Waals surface area contributed by atoms with Gasteiger partial charge in [0.2, 0.25) is 5.88 Å². The fourth-order valence-electron chi connectivity index (χ4n) is 1.39. The predicted octanol–water partition coefficient (Wildman–Crippen LogP) is 2.62. The zero-order valence-electron chi connectivity index (χ0n) is 8.83. The van der Waals surface area contributed by atoms with Gasteiger partial charge in [0.25, 0.3) is 0 Å². The fourth-order valence-corrected chi connectivity index (χ4v) is 1.63. The Labute approximate surface area is 98.4 Å². The molecule has 0 spiro atoms. The molecule has 1 heterocycles. The summed E-state index contributed by atoms with van der Waals surface area (Å²) in [6, 6.07) is 7.22. The number of halogens is 1. The van der Waals surface area contributed by atoms with Gasteiger partial charge >= 0.3 is 0 Å². The molecular formula is C11H12ClN3O. The number of aryl methyl sites for hydroxylation is 1. The number of rotatable bonds is 3. The highest BCUT2D eigenvalue weighted by Crippen LogP contribution is 2.29. The van der Waals surface area contributed by atoms with Crippen LogP contribution in [0.2, 0.25) is 5.02 Å². The Morgan fingerprint density at radius 2 is 2.31 bits per heavy atom. The van der Waals surface area contributed by atoms with Crippen molar-refractivity contribution in [1.29, 1.82) is 0 Å². The molecule has 5 heteroatoms. The van der Waals surface area contributed by atoms with Gasteiger partial charge in [-0.05, 0) is 19.1 Å². The number of H-pyrrole nitrogens is 1. The van der Waals surface area contributed by atoms with Crippen LogP contribution in [0.4, 0.5) is 0 Å². The lowest BCUT2D eigenvalue weighted by molar-refractivity contribution is 0.456. The lowest BCUT2D eigenvalue weighted by atomic mass is 10.2. The first kappa shape index (κ1) is 11.0. The van der Waals surface area contributed by atoms with Gasteiger partial charge in [-0.3, -0.25) is 5.10 Å². The van der Waals surface area contributed by atoms with Crippen LogP contribution >= 0.6 is 11.6 Å². The van der Waals surface area contributed by atoms with E-state index in [-0.39, 0.29) is 0 Å². The van der Waals surface area contributed by atoms with Gasteiger partial charge in [0, 0.05) is 28.9 Å². The van der Waals surface area contributed by atoms with Crippen LogP contribution in [-0.2, 0) is 6.54 Å². The highest BCUT2D eigenvalue weighted by Gasteiger charge is 2.08. The van der Waals surface area contributed by atoms with E-state index in [4.69, 9.17) is 22.1 Å². The molecule has 1 aromatic heterocycles. The fraction of sp³-hybridized carbons (Fsp3) is 0.182. The Morgan fingerprint density at radius 1 is 1.50 bits per heavy atom. The maximum absolute atomic E-state index is 6.01. The maximum atomic E-state index is 6.01. The van der Waals surface area contributed by atoms with E-state index in [1.807, 2.05) is 19.1 Å². The normalized spacial score (nSPS) is 10.4. The second kappa shape index (κ2) is 4.55. The number of nitrogens with zero attached hydrogens (tertiary/aromatic N) is 1. The van der Waals surface area contributed by atoms with E-state index >= 15 is 0 Å². The molecule has 84 valence electrons. The number of nitrogens with two attached hydrogens (primary N) is 1. The molecule has 0 amide bonds. The molecule has 0 fully saturated rings. The Hall–Kier alpha value is -1.52. The average molecular weight is 238 g/mol. The van der Waals surface area contributed by atoms with Crippen LogP contribution in [0.1, 0.15) is 11.3 Å². The van der Waals surface area contributed by atoms with Crippen molar-refractivity contribution in [2.24, 2.45) is 5.73 Å². The molecule has 0 saturated carbocycles. The number of aromatic nitrogens is 2. The second-order valence-electron chi connectivity index (χ2n) is 3.41. The van der Waals surface area contributed by atoms with Crippen molar-refractivity contribution in [3.05, 3.63) is 40.5 Å². The van der Waals surface area contributed by atoms with Crippen LogP contribution in [0.25, 0.3) is 0 Å². The zero-order valence-corrected chi connectivity index (χ0v) is 9.58. The summed E-state index contributed by atoms with van der Waals surface area (Å²) in [5.41, 5.74) is 7.34. The molecule has 0 unspecified atom stereocenters. The Bertz CT molecular complexity index is 496. The monoisotopic (exact) mass is 237 g/mol. The van der Waals surface area contributed by atoms with Crippen molar-refractivity contribution in [3.63, 3.8) is 0 Å². The third-order valence-electron chi connectivity index (χ3n) is 2.18. The van der Waals surface area contributed by atoms with Crippen LogP contribution in [0, 0.1) is 6.92 Å². The summed E-state index contributed by atoms with van der Waals surface area (Å²) in [7, 11) is 0. The summed E-state index contributed by atoms with van der Waals surface area (Å²) >= 11 is 6.01. The third-order valence-corrected chi connectivity index (χ3v) is 2.53. The molecule has 3 N–H and O–H groups in total. The van der Waals surface area contributed by atoms with Gasteiger partial charge < -0.3 is 10.5 Å². The van der Waals surface area contributed by atoms with Gasteiger partial charge in [0.05, 0.1) is 0 Å². The molecule has 16 heavy (non-hydrogen) atoms. The molecular weight excluding hydrogens is 226 g/mol. The van der Waals surface area contributed by atoms with Gasteiger partial charge in [0.15, 0.2) is 0 Å².